The van der Waals surface area contributed by atoms with E-state index in [1.54, 1.807) is 7.11 Å². The van der Waals surface area contributed by atoms with Crippen molar-refractivity contribution >= 4 is 0 Å². The van der Waals surface area contributed by atoms with E-state index in [1.807, 2.05) is 12.1 Å². The van der Waals surface area contributed by atoms with Crippen LogP contribution in [-0.2, 0) is 6.42 Å². The lowest BCUT2D eigenvalue weighted by molar-refractivity contribution is 0.412. The van der Waals surface area contributed by atoms with Crippen molar-refractivity contribution in [2.45, 2.75) is 24.8 Å². The van der Waals surface area contributed by atoms with Crippen LogP contribution in [0.3, 0.4) is 0 Å². The highest BCUT2D eigenvalue weighted by molar-refractivity contribution is 5.39. The summed E-state index contributed by atoms with van der Waals surface area (Å²) < 4.78 is 5.31. The van der Waals surface area contributed by atoms with Crippen molar-refractivity contribution in [1.29, 1.82) is 0 Å². The maximum absolute atomic E-state index is 6.47. The first-order chi connectivity index (χ1) is 9.29. The molecule has 2 N–H and O–H groups in total. The third kappa shape index (κ3) is 2.24. The molecule has 0 fully saturated rings. The fraction of sp³-hybridized carbons (Fsp3) is 0.294. The predicted molar refractivity (Wildman–Crippen MR) is 77.4 cm³/mol. The number of nitrogens with two attached hydrogens (primary N) is 1. The van der Waals surface area contributed by atoms with Crippen LogP contribution >= 0.6 is 0 Å². The summed E-state index contributed by atoms with van der Waals surface area (Å²) in [4.78, 5) is 0. The fourth-order valence-electron chi connectivity index (χ4n) is 3.04. The van der Waals surface area contributed by atoms with Gasteiger partial charge in [0.05, 0.1) is 7.11 Å². The Morgan fingerprint density at radius 1 is 1.11 bits per heavy atom. The molecule has 0 aromatic heterocycles. The molecular weight excluding hydrogens is 234 g/mol. The molecule has 19 heavy (non-hydrogen) atoms. The molecule has 2 heteroatoms. The van der Waals surface area contributed by atoms with Gasteiger partial charge in [0, 0.05) is 12.0 Å². The van der Waals surface area contributed by atoms with Crippen molar-refractivity contribution in [3.05, 3.63) is 65.2 Å². The van der Waals surface area contributed by atoms with Gasteiger partial charge < -0.3 is 10.5 Å². The summed E-state index contributed by atoms with van der Waals surface area (Å²) in [5.74, 6) is 1.29. The number of fused-ring (bicyclic) bond motifs is 1. The van der Waals surface area contributed by atoms with Crippen molar-refractivity contribution in [2.24, 2.45) is 5.73 Å². The van der Waals surface area contributed by atoms with Crippen molar-refractivity contribution in [3.8, 4) is 5.75 Å². The average molecular weight is 253 g/mol. The number of rotatable bonds is 2. The lowest BCUT2D eigenvalue weighted by Gasteiger charge is -2.31. The van der Waals surface area contributed by atoms with Crippen molar-refractivity contribution in [3.63, 3.8) is 0 Å². The zero-order valence-electron chi connectivity index (χ0n) is 11.2. The number of hydrogen-bond donors (Lipinski definition) is 1. The van der Waals surface area contributed by atoms with Crippen LogP contribution in [0.4, 0.5) is 0 Å². The molecule has 0 aliphatic heterocycles. The molecule has 2 nitrogen and oxygen atoms in total. The van der Waals surface area contributed by atoms with E-state index >= 15 is 0 Å². The third-order valence-electron chi connectivity index (χ3n) is 4.09. The highest BCUT2D eigenvalue weighted by Crippen LogP contribution is 2.39. The largest absolute Gasteiger partial charge is 0.497 e. The predicted octanol–water partition coefficient (Wildman–Crippen LogP) is 3.43. The molecule has 0 amide bonds. The van der Waals surface area contributed by atoms with E-state index in [-0.39, 0.29) is 6.04 Å². The molecule has 2 atom stereocenters. The second kappa shape index (κ2) is 5.06. The highest BCUT2D eigenvalue weighted by atomic mass is 16.5. The van der Waals surface area contributed by atoms with E-state index in [9.17, 15) is 0 Å². The van der Waals surface area contributed by atoms with E-state index in [1.165, 1.54) is 16.7 Å². The summed E-state index contributed by atoms with van der Waals surface area (Å²) in [5, 5.41) is 0. The van der Waals surface area contributed by atoms with Crippen molar-refractivity contribution in [2.75, 3.05) is 7.11 Å². The Kier molecular flexibility index (Phi) is 3.26. The summed E-state index contributed by atoms with van der Waals surface area (Å²) in [6.45, 7) is 0. The SMILES string of the molecule is COc1cccc([C@H]2CCc3ccccc3C2N)c1. The molecule has 1 aliphatic rings. The number of ether oxygens (including phenoxy) is 1. The summed E-state index contributed by atoms with van der Waals surface area (Å²) in [5.41, 5.74) is 10.4. The van der Waals surface area contributed by atoms with Gasteiger partial charge in [0.2, 0.25) is 0 Å². The van der Waals surface area contributed by atoms with Crippen LogP contribution in [0.5, 0.6) is 5.75 Å². The number of methoxy groups -OCH3 is 1. The molecule has 3 rings (SSSR count). The van der Waals surface area contributed by atoms with E-state index in [0.717, 1.165) is 18.6 Å². The minimum atomic E-state index is 0.0806. The Bertz CT molecular complexity index is 579. The highest BCUT2D eigenvalue weighted by Gasteiger charge is 2.27. The molecule has 0 saturated heterocycles. The maximum Gasteiger partial charge on any atom is 0.119 e. The summed E-state index contributed by atoms with van der Waals surface area (Å²) in [6.07, 6.45) is 2.21. The summed E-state index contributed by atoms with van der Waals surface area (Å²) >= 11 is 0. The number of hydrogen-bond acceptors (Lipinski definition) is 2. The fourth-order valence-corrected chi connectivity index (χ4v) is 3.04. The molecule has 1 aliphatic carbocycles. The van der Waals surface area contributed by atoms with Crippen LogP contribution in [0.15, 0.2) is 48.5 Å². The Labute approximate surface area is 114 Å². The minimum absolute atomic E-state index is 0.0806. The van der Waals surface area contributed by atoms with Crippen LogP contribution < -0.4 is 10.5 Å². The standard InChI is InChI=1S/C17H19NO/c1-19-14-7-4-6-13(11-14)16-10-9-12-5-2-3-8-15(12)17(16)18/h2-8,11,16-17H,9-10,18H2,1H3/t16-,17?/m1/s1. The lowest BCUT2D eigenvalue weighted by Crippen LogP contribution is -2.25. The van der Waals surface area contributed by atoms with Crippen molar-refractivity contribution in [1.82, 2.24) is 0 Å². The first-order valence-electron chi connectivity index (χ1n) is 6.77. The topological polar surface area (TPSA) is 35.2 Å². The van der Waals surface area contributed by atoms with Gasteiger partial charge in [-0.2, -0.15) is 0 Å². The van der Waals surface area contributed by atoms with Crippen LogP contribution in [0.1, 0.15) is 35.1 Å². The van der Waals surface area contributed by atoms with E-state index in [0.29, 0.717) is 5.92 Å². The molecule has 98 valence electrons. The van der Waals surface area contributed by atoms with Crippen molar-refractivity contribution < 1.29 is 4.74 Å². The quantitative estimate of drug-likeness (QED) is 0.890. The molecule has 0 spiro atoms. The lowest BCUT2D eigenvalue weighted by atomic mass is 9.77. The Morgan fingerprint density at radius 2 is 1.95 bits per heavy atom. The Hall–Kier alpha value is -1.80. The number of benzene rings is 2. The molecule has 2 aromatic rings. The maximum atomic E-state index is 6.47. The monoisotopic (exact) mass is 253 g/mol. The van der Waals surface area contributed by atoms with Crippen LogP contribution in [0, 0.1) is 0 Å². The summed E-state index contributed by atoms with van der Waals surface area (Å²) in [6, 6.07) is 16.9. The zero-order chi connectivity index (χ0) is 13.2. The summed E-state index contributed by atoms with van der Waals surface area (Å²) in [7, 11) is 1.70. The van der Waals surface area contributed by atoms with E-state index < -0.39 is 0 Å². The second-order valence-corrected chi connectivity index (χ2v) is 5.15. The number of aryl methyl sites for hydroxylation is 1. The Morgan fingerprint density at radius 3 is 2.79 bits per heavy atom. The normalized spacial score (nSPS) is 21.8. The zero-order valence-corrected chi connectivity index (χ0v) is 11.2. The van der Waals surface area contributed by atoms with Gasteiger partial charge in [0.15, 0.2) is 0 Å². The molecule has 0 radical (unpaired) electrons. The second-order valence-electron chi connectivity index (χ2n) is 5.15. The average Bonchev–Trinajstić information content (AvgIpc) is 2.48. The van der Waals surface area contributed by atoms with Gasteiger partial charge in [0.1, 0.15) is 5.75 Å². The molecule has 0 saturated carbocycles. The Balaban J connectivity index is 1.95. The van der Waals surface area contributed by atoms with E-state index in [4.69, 9.17) is 10.5 Å². The van der Waals surface area contributed by atoms with Crippen LogP contribution in [-0.4, -0.2) is 7.11 Å². The van der Waals surface area contributed by atoms with Gasteiger partial charge in [-0.3, -0.25) is 0 Å². The van der Waals surface area contributed by atoms with Gasteiger partial charge in [-0.15, -0.1) is 0 Å². The van der Waals surface area contributed by atoms with Gasteiger partial charge >= 0.3 is 0 Å². The van der Waals surface area contributed by atoms with Gasteiger partial charge in [-0.25, -0.2) is 0 Å². The first kappa shape index (κ1) is 12.2. The smallest absolute Gasteiger partial charge is 0.119 e. The van der Waals surface area contributed by atoms with Gasteiger partial charge in [-0.1, -0.05) is 36.4 Å². The molecule has 0 bridgehead atoms. The first-order valence-corrected chi connectivity index (χ1v) is 6.77. The minimum Gasteiger partial charge on any atom is -0.497 e. The van der Waals surface area contributed by atoms with Crippen LogP contribution in [0.25, 0.3) is 0 Å². The molecule has 1 unspecified atom stereocenters. The molecule has 0 heterocycles. The third-order valence-corrected chi connectivity index (χ3v) is 4.09. The van der Waals surface area contributed by atoms with E-state index in [2.05, 4.69) is 36.4 Å². The molecular formula is C17H19NO. The van der Waals surface area contributed by atoms with Gasteiger partial charge in [0.25, 0.3) is 0 Å². The molecule has 2 aromatic carbocycles. The van der Waals surface area contributed by atoms with Crippen LogP contribution in [0.2, 0.25) is 0 Å². The van der Waals surface area contributed by atoms with Gasteiger partial charge in [-0.05, 0) is 41.7 Å².